The van der Waals surface area contributed by atoms with E-state index in [9.17, 15) is 38.4 Å². The van der Waals surface area contributed by atoms with E-state index in [1.165, 1.54) is 13.8 Å². The number of nitrogens with zero attached hydrogens (tertiary/aromatic N) is 1. The van der Waals surface area contributed by atoms with Gasteiger partial charge in [-0.15, -0.1) is 0 Å². The second kappa shape index (κ2) is 15.4. The standard InChI is InChI=1S/C29H40N2O12/c1-7-18(31-12-9-10-19(31)33)21-22(27(38)43-26(21)37)29(6,8-2)28(39)42-15-14-41-25(36)20(17(5)32)23(34)30-11-13-40-24(35)16(3)4/h18,20-22H,3,7-15H2,1-2,4-6H3,(H,30,34). The van der Waals surface area contributed by atoms with Crippen molar-refractivity contribution in [2.24, 2.45) is 23.2 Å². The smallest absolute Gasteiger partial charge is 0.333 e. The predicted octanol–water partition coefficient (Wildman–Crippen LogP) is 0.647. The first kappa shape index (κ1) is 35.1. The third-order valence-electron chi connectivity index (χ3n) is 7.76. The summed E-state index contributed by atoms with van der Waals surface area (Å²) in [7, 11) is 0. The van der Waals surface area contributed by atoms with Gasteiger partial charge in [-0.3, -0.25) is 33.6 Å². The highest BCUT2D eigenvalue weighted by atomic mass is 16.6. The van der Waals surface area contributed by atoms with Gasteiger partial charge in [0.1, 0.15) is 19.8 Å². The molecule has 0 aromatic rings. The van der Waals surface area contributed by atoms with Crippen LogP contribution in [0.5, 0.6) is 0 Å². The predicted molar refractivity (Wildman–Crippen MR) is 146 cm³/mol. The SMILES string of the molecule is C=C(C)C(=O)OCCNC(=O)C(C(C)=O)C(=O)OCCOC(=O)C(C)(CC)C1C(=O)OC(=O)C1C(CC)N1CCCC1=O. The second-order valence-electron chi connectivity index (χ2n) is 10.7. The number of rotatable bonds is 16. The molecule has 5 unspecified atom stereocenters. The molecule has 2 fully saturated rings. The number of hydrogen-bond acceptors (Lipinski definition) is 12. The number of nitrogens with one attached hydrogen (secondary N) is 1. The molecule has 43 heavy (non-hydrogen) atoms. The van der Waals surface area contributed by atoms with Crippen molar-refractivity contribution >= 4 is 47.4 Å². The highest BCUT2D eigenvalue weighted by molar-refractivity contribution is 6.15. The third-order valence-corrected chi connectivity index (χ3v) is 7.76. The Morgan fingerprint density at radius 3 is 2.21 bits per heavy atom. The van der Waals surface area contributed by atoms with Crippen molar-refractivity contribution in [3.63, 3.8) is 0 Å². The molecule has 2 rings (SSSR count). The van der Waals surface area contributed by atoms with Gasteiger partial charge < -0.3 is 29.2 Å². The molecule has 0 spiro atoms. The quantitative estimate of drug-likeness (QED) is 0.0848. The van der Waals surface area contributed by atoms with Crippen LogP contribution in [0, 0.1) is 23.2 Å². The number of likely N-dealkylation sites (tertiary alicyclic amines) is 1. The van der Waals surface area contributed by atoms with Gasteiger partial charge in [0, 0.05) is 24.6 Å². The van der Waals surface area contributed by atoms with Crippen LogP contribution >= 0.6 is 0 Å². The molecule has 0 aromatic carbocycles. The van der Waals surface area contributed by atoms with Crippen molar-refractivity contribution in [2.45, 2.75) is 66.3 Å². The second-order valence-corrected chi connectivity index (χ2v) is 10.7. The highest BCUT2D eigenvalue weighted by Gasteiger charge is 2.60. The van der Waals surface area contributed by atoms with Gasteiger partial charge in [-0.25, -0.2) is 4.79 Å². The van der Waals surface area contributed by atoms with Crippen molar-refractivity contribution in [1.29, 1.82) is 0 Å². The van der Waals surface area contributed by atoms with Gasteiger partial charge in [0.25, 0.3) is 0 Å². The van der Waals surface area contributed by atoms with Crippen LogP contribution in [0.1, 0.15) is 60.3 Å². The summed E-state index contributed by atoms with van der Waals surface area (Å²) in [5.41, 5.74) is -1.35. The van der Waals surface area contributed by atoms with Crippen LogP contribution in [0.25, 0.3) is 0 Å². The molecule has 5 atom stereocenters. The lowest BCUT2D eigenvalue weighted by atomic mass is 9.67. The topological polar surface area (TPSA) is 189 Å². The van der Waals surface area contributed by atoms with E-state index in [-0.39, 0.29) is 31.1 Å². The van der Waals surface area contributed by atoms with Gasteiger partial charge >= 0.3 is 29.8 Å². The van der Waals surface area contributed by atoms with Crippen LogP contribution < -0.4 is 5.32 Å². The number of esters is 5. The lowest BCUT2D eigenvalue weighted by Gasteiger charge is -2.37. The maximum Gasteiger partial charge on any atom is 0.333 e. The third kappa shape index (κ3) is 8.26. The maximum absolute atomic E-state index is 13.3. The summed E-state index contributed by atoms with van der Waals surface area (Å²) in [6.07, 6.45) is 1.41. The van der Waals surface area contributed by atoms with Gasteiger partial charge in [-0.2, -0.15) is 0 Å². The number of ketones is 1. The zero-order valence-corrected chi connectivity index (χ0v) is 25.2. The molecule has 2 aliphatic rings. The fourth-order valence-corrected chi connectivity index (χ4v) is 5.25. The molecule has 0 aliphatic carbocycles. The van der Waals surface area contributed by atoms with E-state index in [0.717, 1.165) is 6.92 Å². The zero-order chi connectivity index (χ0) is 32.5. The molecule has 2 aliphatic heterocycles. The minimum atomic E-state index is -1.80. The average Bonchev–Trinajstić information content (AvgIpc) is 3.50. The largest absolute Gasteiger partial charge is 0.462 e. The van der Waals surface area contributed by atoms with Crippen molar-refractivity contribution < 1.29 is 57.3 Å². The molecule has 2 saturated heterocycles. The minimum absolute atomic E-state index is 0.0911. The number of hydrogen-bond donors (Lipinski definition) is 1. The van der Waals surface area contributed by atoms with Crippen LogP contribution in [0.2, 0.25) is 0 Å². The van der Waals surface area contributed by atoms with Crippen LogP contribution in [0.4, 0.5) is 0 Å². The number of carbonyl (C=O) groups excluding carboxylic acids is 8. The van der Waals surface area contributed by atoms with Crippen LogP contribution in [-0.2, 0) is 57.3 Å². The molecular weight excluding hydrogens is 568 g/mol. The van der Waals surface area contributed by atoms with E-state index >= 15 is 0 Å². The molecular formula is C29H40N2O12. The van der Waals surface area contributed by atoms with E-state index in [1.807, 2.05) is 0 Å². The van der Waals surface area contributed by atoms with E-state index in [0.29, 0.717) is 25.8 Å². The molecule has 2 heterocycles. The molecule has 14 nitrogen and oxygen atoms in total. The van der Waals surface area contributed by atoms with E-state index < -0.39 is 84.0 Å². The number of carbonyl (C=O) groups is 8. The zero-order valence-electron chi connectivity index (χ0n) is 25.2. The Morgan fingerprint density at radius 2 is 1.67 bits per heavy atom. The molecule has 0 aromatic heterocycles. The lowest BCUT2D eigenvalue weighted by Crippen LogP contribution is -2.51. The first-order chi connectivity index (χ1) is 20.2. The minimum Gasteiger partial charge on any atom is -0.462 e. The van der Waals surface area contributed by atoms with E-state index in [2.05, 4.69) is 11.9 Å². The fourth-order valence-electron chi connectivity index (χ4n) is 5.25. The Hall–Kier alpha value is -4.10. The Bertz CT molecular complexity index is 1160. The molecule has 0 radical (unpaired) electrons. The Balaban J connectivity index is 2.00. The summed E-state index contributed by atoms with van der Waals surface area (Å²) in [6.45, 7) is 9.88. The van der Waals surface area contributed by atoms with Crippen LogP contribution in [-0.4, -0.2) is 91.3 Å². The molecule has 0 saturated carbocycles. The monoisotopic (exact) mass is 608 g/mol. The Labute approximate surface area is 249 Å². The summed E-state index contributed by atoms with van der Waals surface area (Å²) >= 11 is 0. The van der Waals surface area contributed by atoms with Crippen molar-refractivity contribution in [3.05, 3.63) is 12.2 Å². The summed E-state index contributed by atoms with van der Waals surface area (Å²) in [5, 5.41) is 2.31. The summed E-state index contributed by atoms with van der Waals surface area (Å²) in [6, 6.07) is -0.633. The fraction of sp³-hybridized carbons (Fsp3) is 0.655. The summed E-state index contributed by atoms with van der Waals surface area (Å²) in [5.74, 6) is -10.3. The Kier molecular flexibility index (Phi) is 12.6. The number of amides is 2. The van der Waals surface area contributed by atoms with Gasteiger partial charge in [-0.1, -0.05) is 20.4 Å². The normalized spacial score (nSPS) is 20.9. The van der Waals surface area contributed by atoms with Crippen molar-refractivity contribution in [1.82, 2.24) is 10.2 Å². The van der Waals surface area contributed by atoms with Gasteiger partial charge in [0.15, 0.2) is 11.7 Å². The molecule has 14 heteroatoms. The average molecular weight is 609 g/mol. The van der Waals surface area contributed by atoms with E-state index in [4.69, 9.17) is 18.9 Å². The highest BCUT2D eigenvalue weighted by Crippen LogP contribution is 2.45. The lowest BCUT2D eigenvalue weighted by molar-refractivity contribution is -0.169. The van der Waals surface area contributed by atoms with Crippen LogP contribution in [0.15, 0.2) is 12.2 Å². The summed E-state index contributed by atoms with van der Waals surface area (Å²) < 4.78 is 20.1. The van der Waals surface area contributed by atoms with Crippen LogP contribution in [0.3, 0.4) is 0 Å². The van der Waals surface area contributed by atoms with E-state index in [1.54, 1.807) is 18.7 Å². The van der Waals surface area contributed by atoms with Crippen molar-refractivity contribution in [3.8, 4) is 0 Å². The first-order valence-corrected chi connectivity index (χ1v) is 14.2. The van der Waals surface area contributed by atoms with Crippen molar-refractivity contribution in [2.75, 3.05) is 32.9 Å². The van der Waals surface area contributed by atoms with Gasteiger partial charge in [0.05, 0.1) is 23.8 Å². The Morgan fingerprint density at radius 1 is 1.02 bits per heavy atom. The molecule has 1 N–H and O–H groups in total. The maximum atomic E-state index is 13.3. The van der Waals surface area contributed by atoms with Gasteiger partial charge in [0.2, 0.25) is 11.8 Å². The molecule has 2 amide bonds. The number of Topliss-reactive ketones (excluding diaryl/α,β-unsaturated/α-hetero) is 1. The summed E-state index contributed by atoms with van der Waals surface area (Å²) in [4.78, 5) is 101. The first-order valence-electron chi connectivity index (χ1n) is 14.2. The molecule has 238 valence electrons. The number of cyclic esters (lactones) is 2. The molecule has 0 bridgehead atoms. The van der Waals surface area contributed by atoms with Gasteiger partial charge in [-0.05, 0) is 40.0 Å². The number of ether oxygens (including phenoxy) is 4.